The third-order valence-electron chi connectivity index (χ3n) is 4.11. The molecule has 0 fully saturated rings. The zero-order chi connectivity index (χ0) is 22.7. The second-order valence-corrected chi connectivity index (χ2v) is 6.60. The SMILES string of the molecule is CN=C(NCc1ccc(C)cc1OCC(F)(F)F)NCc1cccnc1OCCOC.I. The fraction of sp³-hybridized carbons (Fsp3) is 0.429. The summed E-state index contributed by atoms with van der Waals surface area (Å²) < 4.78 is 53.2. The molecule has 32 heavy (non-hydrogen) atoms. The molecule has 0 aliphatic heterocycles. The summed E-state index contributed by atoms with van der Waals surface area (Å²) in [5.74, 6) is 1.14. The van der Waals surface area contributed by atoms with Crippen molar-refractivity contribution in [2.24, 2.45) is 4.99 Å². The molecule has 0 atom stereocenters. The number of alkyl halides is 3. The minimum atomic E-state index is -4.40. The van der Waals surface area contributed by atoms with E-state index in [1.807, 2.05) is 12.1 Å². The van der Waals surface area contributed by atoms with Crippen LogP contribution in [0.15, 0.2) is 41.5 Å². The van der Waals surface area contributed by atoms with Gasteiger partial charge in [0.25, 0.3) is 0 Å². The number of guanidine groups is 1. The first kappa shape index (κ1) is 27.8. The van der Waals surface area contributed by atoms with Crippen LogP contribution in [0.5, 0.6) is 11.6 Å². The van der Waals surface area contributed by atoms with Gasteiger partial charge in [-0.05, 0) is 24.6 Å². The summed E-state index contributed by atoms with van der Waals surface area (Å²) in [6.45, 7) is 1.89. The zero-order valence-electron chi connectivity index (χ0n) is 18.2. The van der Waals surface area contributed by atoms with Crippen LogP contribution >= 0.6 is 24.0 Å². The molecular formula is C21H28F3IN4O3. The van der Waals surface area contributed by atoms with Crippen molar-refractivity contribution in [3.8, 4) is 11.6 Å². The molecular weight excluding hydrogens is 540 g/mol. The summed E-state index contributed by atoms with van der Waals surface area (Å²) in [7, 11) is 3.19. The van der Waals surface area contributed by atoms with E-state index in [4.69, 9.17) is 14.2 Å². The largest absolute Gasteiger partial charge is 0.484 e. The number of methoxy groups -OCH3 is 1. The maximum absolute atomic E-state index is 12.5. The van der Waals surface area contributed by atoms with Gasteiger partial charge in [-0.1, -0.05) is 18.2 Å². The van der Waals surface area contributed by atoms with Gasteiger partial charge in [-0.2, -0.15) is 13.2 Å². The highest BCUT2D eigenvalue weighted by atomic mass is 127. The van der Waals surface area contributed by atoms with Gasteiger partial charge in [0.05, 0.1) is 6.61 Å². The van der Waals surface area contributed by atoms with Crippen LogP contribution < -0.4 is 20.1 Å². The lowest BCUT2D eigenvalue weighted by molar-refractivity contribution is -0.153. The van der Waals surface area contributed by atoms with Crippen molar-refractivity contribution in [3.63, 3.8) is 0 Å². The first-order chi connectivity index (χ1) is 14.8. The van der Waals surface area contributed by atoms with Gasteiger partial charge in [-0.3, -0.25) is 4.99 Å². The van der Waals surface area contributed by atoms with Crippen LogP contribution in [0, 0.1) is 6.92 Å². The summed E-state index contributed by atoms with van der Waals surface area (Å²) in [5.41, 5.74) is 2.22. The van der Waals surface area contributed by atoms with Crippen molar-refractivity contribution in [1.82, 2.24) is 15.6 Å². The van der Waals surface area contributed by atoms with Gasteiger partial charge in [-0.15, -0.1) is 24.0 Å². The molecule has 1 aromatic carbocycles. The van der Waals surface area contributed by atoms with Crippen LogP contribution in [0.1, 0.15) is 16.7 Å². The molecule has 1 aromatic heterocycles. The monoisotopic (exact) mass is 568 g/mol. The van der Waals surface area contributed by atoms with Gasteiger partial charge < -0.3 is 24.8 Å². The molecule has 0 aliphatic carbocycles. The standard InChI is InChI=1S/C21H27F3N4O3.HI/c1-15-6-7-16(18(11-15)31-14-21(22,23)24)12-27-20(25-2)28-13-17-5-4-8-26-19(17)30-10-9-29-3;/h4-8,11H,9-10,12-14H2,1-3H3,(H2,25,27,28);1H. The lowest BCUT2D eigenvalue weighted by Gasteiger charge is -2.17. The van der Waals surface area contributed by atoms with Crippen molar-refractivity contribution < 1.29 is 27.4 Å². The molecule has 1 heterocycles. The van der Waals surface area contributed by atoms with Crippen molar-refractivity contribution in [2.75, 3.05) is 34.0 Å². The molecule has 2 rings (SSSR count). The van der Waals surface area contributed by atoms with Crippen molar-refractivity contribution in [3.05, 3.63) is 53.2 Å². The van der Waals surface area contributed by atoms with Crippen LogP contribution in [0.2, 0.25) is 0 Å². The molecule has 0 spiro atoms. The van der Waals surface area contributed by atoms with Gasteiger partial charge in [0.2, 0.25) is 5.88 Å². The van der Waals surface area contributed by atoms with Gasteiger partial charge in [0, 0.05) is 44.6 Å². The van der Waals surface area contributed by atoms with Crippen LogP contribution in [-0.4, -0.2) is 51.1 Å². The van der Waals surface area contributed by atoms with E-state index in [1.54, 1.807) is 45.5 Å². The highest BCUT2D eigenvalue weighted by Crippen LogP contribution is 2.23. The Morgan fingerprint density at radius 2 is 1.78 bits per heavy atom. The van der Waals surface area contributed by atoms with Crippen LogP contribution in [-0.2, 0) is 17.8 Å². The number of rotatable bonds is 10. The van der Waals surface area contributed by atoms with E-state index < -0.39 is 12.8 Å². The fourth-order valence-corrected chi connectivity index (χ4v) is 2.59. The predicted octanol–water partition coefficient (Wildman–Crippen LogP) is 3.84. The maximum Gasteiger partial charge on any atom is 0.422 e. The number of ether oxygens (including phenoxy) is 3. The van der Waals surface area contributed by atoms with E-state index >= 15 is 0 Å². The van der Waals surface area contributed by atoms with E-state index in [0.717, 1.165) is 11.1 Å². The smallest absolute Gasteiger partial charge is 0.422 e. The Hall–Kier alpha value is -2.28. The maximum atomic E-state index is 12.5. The molecule has 178 valence electrons. The average molecular weight is 568 g/mol. The van der Waals surface area contributed by atoms with E-state index in [9.17, 15) is 13.2 Å². The third kappa shape index (κ3) is 9.90. The Labute approximate surface area is 202 Å². The van der Waals surface area contributed by atoms with E-state index in [0.29, 0.717) is 37.2 Å². The number of pyridine rings is 1. The van der Waals surface area contributed by atoms with Gasteiger partial charge in [0.15, 0.2) is 12.6 Å². The Morgan fingerprint density at radius 1 is 1.06 bits per heavy atom. The molecule has 0 aliphatic rings. The number of nitrogens with one attached hydrogen (secondary N) is 2. The molecule has 2 N–H and O–H groups in total. The van der Waals surface area contributed by atoms with Gasteiger partial charge in [-0.25, -0.2) is 4.98 Å². The molecule has 7 nitrogen and oxygen atoms in total. The lowest BCUT2D eigenvalue weighted by Crippen LogP contribution is -2.36. The van der Waals surface area contributed by atoms with Crippen LogP contribution in [0.25, 0.3) is 0 Å². The number of halogens is 4. The van der Waals surface area contributed by atoms with Gasteiger partial charge >= 0.3 is 6.18 Å². The predicted molar refractivity (Wildman–Crippen MR) is 127 cm³/mol. The van der Waals surface area contributed by atoms with E-state index in [1.165, 1.54) is 0 Å². The lowest BCUT2D eigenvalue weighted by atomic mass is 10.1. The molecule has 0 bridgehead atoms. The number of aromatic nitrogens is 1. The second-order valence-electron chi connectivity index (χ2n) is 6.60. The minimum absolute atomic E-state index is 0. The van der Waals surface area contributed by atoms with Crippen molar-refractivity contribution >= 4 is 29.9 Å². The van der Waals surface area contributed by atoms with Crippen LogP contribution in [0.4, 0.5) is 13.2 Å². The molecule has 0 unspecified atom stereocenters. The highest BCUT2D eigenvalue weighted by Gasteiger charge is 2.28. The van der Waals surface area contributed by atoms with E-state index in [2.05, 4.69) is 20.6 Å². The molecule has 11 heteroatoms. The fourth-order valence-electron chi connectivity index (χ4n) is 2.59. The summed E-state index contributed by atoms with van der Waals surface area (Å²) in [5, 5.41) is 6.22. The second kappa shape index (κ2) is 14.0. The highest BCUT2D eigenvalue weighted by molar-refractivity contribution is 14.0. The number of aryl methyl sites for hydroxylation is 1. The average Bonchev–Trinajstić information content (AvgIpc) is 2.74. The first-order valence-corrected chi connectivity index (χ1v) is 9.61. The van der Waals surface area contributed by atoms with Crippen molar-refractivity contribution in [1.29, 1.82) is 0 Å². The molecule has 0 saturated heterocycles. The molecule has 0 radical (unpaired) electrons. The number of aliphatic imine (C=N–C) groups is 1. The number of nitrogens with zero attached hydrogens (tertiary/aromatic N) is 2. The quantitative estimate of drug-likeness (QED) is 0.197. The normalized spacial score (nSPS) is 11.5. The number of hydrogen-bond acceptors (Lipinski definition) is 5. The first-order valence-electron chi connectivity index (χ1n) is 9.61. The van der Waals surface area contributed by atoms with E-state index in [-0.39, 0.29) is 36.3 Å². The Kier molecular flexibility index (Phi) is 12.1. The molecule has 0 amide bonds. The topological polar surface area (TPSA) is 77.0 Å². The molecule has 2 aromatic rings. The Morgan fingerprint density at radius 3 is 2.44 bits per heavy atom. The number of hydrogen-bond donors (Lipinski definition) is 2. The van der Waals surface area contributed by atoms with Crippen LogP contribution in [0.3, 0.4) is 0 Å². The molecule has 0 saturated carbocycles. The summed E-state index contributed by atoms with van der Waals surface area (Å²) >= 11 is 0. The zero-order valence-corrected chi connectivity index (χ0v) is 20.5. The number of benzene rings is 1. The Bertz CT molecular complexity index is 866. The minimum Gasteiger partial charge on any atom is -0.484 e. The summed E-state index contributed by atoms with van der Waals surface area (Å²) in [4.78, 5) is 8.37. The van der Waals surface area contributed by atoms with Crippen molar-refractivity contribution in [2.45, 2.75) is 26.2 Å². The summed E-state index contributed by atoms with van der Waals surface area (Å²) in [6.07, 6.45) is -2.77. The summed E-state index contributed by atoms with van der Waals surface area (Å²) in [6, 6.07) is 8.79. The Balaban J connectivity index is 0.00000512. The van der Waals surface area contributed by atoms with Gasteiger partial charge in [0.1, 0.15) is 12.4 Å². The third-order valence-corrected chi connectivity index (χ3v) is 4.11.